The SMILES string of the molecule is Cc1c(I)cc(Cl)cc1N1C(=O)c2ccccc2C1O. The second kappa shape index (κ2) is 5.02. The van der Waals surface area contributed by atoms with Crippen LogP contribution in [0.3, 0.4) is 0 Å². The molecule has 2 aromatic carbocycles. The molecule has 0 fully saturated rings. The van der Waals surface area contributed by atoms with Crippen LogP contribution in [0.4, 0.5) is 5.69 Å². The fourth-order valence-corrected chi connectivity index (χ4v) is 3.43. The van der Waals surface area contributed by atoms with Crippen LogP contribution in [0.5, 0.6) is 0 Å². The number of carbonyl (C=O) groups excluding carboxylic acids is 1. The first-order chi connectivity index (χ1) is 9.50. The Morgan fingerprint density at radius 3 is 2.70 bits per heavy atom. The minimum atomic E-state index is -0.966. The van der Waals surface area contributed by atoms with E-state index in [4.69, 9.17) is 11.6 Å². The first-order valence-corrected chi connectivity index (χ1v) is 7.52. The quantitative estimate of drug-likeness (QED) is 0.739. The van der Waals surface area contributed by atoms with Gasteiger partial charge in [-0.3, -0.25) is 9.69 Å². The predicted molar refractivity (Wildman–Crippen MR) is 87.1 cm³/mol. The maximum atomic E-state index is 12.5. The zero-order chi connectivity index (χ0) is 14.4. The second-order valence-electron chi connectivity index (χ2n) is 4.67. The Labute approximate surface area is 135 Å². The zero-order valence-electron chi connectivity index (χ0n) is 10.6. The van der Waals surface area contributed by atoms with E-state index in [-0.39, 0.29) is 5.91 Å². The summed E-state index contributed by atoms with van der Waals surface area (Å²) in [4.78, 5) is 13.9. The van der Waals surface area contributed by atoms with Crippen LogP contribution >= 0.6 is 34.2 Å². The molecule has 5 heteroatoms. The second-order valence-corrected chi connectivity index (χ2v) is 6.27. The first-order valence-electron chi connectivity index (χ1n) is 6.07. The molecule has 3 nitrogen and oxygen atoms in total. The molecule has 1 N–H and O–H groups in total. The van der Waals surface area contributed by atoms with Crippen molar-refractivity contribution in [3.63, 3.8) is 0 Å². The Bertz CT molecular complexity index is 717. The normalized spacial score (nSPS) is 17.5. The lowest BCUT2D eigenvalue weighted by Crippen LogP contribution is -2.28. The number of fused-ring (bicyclic) bond motifs is 1. The van der Waals surface area contributed by atoms with Crippen LogP contribution in [-0.4, -0.2) is 11.0 Å². The highest BCUT2D eigenvalue weighted by Crippen LogP contribution is 2.39. The highest BCUT2D eigenvalue weighted by molar-refractivity contribution is 14.1. The molecule has 0 aromatic heterocycles. The molecule has 0 spiro atoms. The Balaban J connectivity index is 2.16. The predicted octanol–water partition coefficient (Wildman–Crippen LogP) is 3.90. The van der Waals surface area contributed by atoms with Crippen molar-refractivity contribution in [2.75, 3.05) is 4.90 Å². The van der Waals surface area contributed by atoms with Crippen molar-refractivity contribution in [2.24, 2.45) is 0 Å². The van der Waals surface area contributed by atoms with Gasteiger partial charge in [-0.15, -0.1) is 0 Å². The summed E-state index contributed by atoms with van der Waals surface area (Å²) in [6, 6.07) is 10.6. The molecule has 0 aliphatic carbocycles. The average Bonchev–Trinajstić information content (AvgIpc) is 2.67. The van der Waals surface area contributed by atoms with Crippen molar-refractivity contribution in [2.45, 2.75) is 13.2 Å². The molecule has 0 saturated carbocycles. The van der Waals surface area contributed by atoms with Crippen LogP contribution in [0.15, 0.2) is 36.4 Å². The van der Waals surface area contributed by atoms with Gasteiger partial charge in [-0.25, -0.2) is 0 Å². The molecular weight excluding hydrogens is 389 g/mol. The summed E-state index contributed by atoms with van der Waals surface area (Å²) in [5.74, 6) is -0.200. The van der Waals surface area contributed by atoms with Gasteiger partial charge in [0.2, 0.25) is 0 Å². The van der Waals surface area contributed by atoms with E-state index in [9.17, 15) is 9.90 Å². The third-order valence-electron chi connectivity index (χ3n) is 3.47. The van der Waals surface area contributed by atoms with Gasteiger partial charge >= 0.3 is 0 Å². The number of rotatable bonds is 1. The smallest absolute Gasteiger partial charge is 0.261 e. The number of anilines is 1. The summed E-state index contributed by atoms with van der Waals surface area (Å²) in [5.41, 5.74) is 2.74. The Kier molecular flexibility index (Phi) is 3.48. The molecule has 3 rings (SSSR count). The standard InChI is InChI=1S/C15H11ClINO2/c1-8-12(17)6-9(16)7-13(8)18-14(19)10-4-2-3-5-11(10)15(18)20/h2-7,14,19H,1H3. The third kappa shape index (κ3) is 2.03. The first kappa shape index (κ1) is 13.9. The maximum absolute atomic E-state index is 12.5. The molecule has 1 aliphatic rings. The lowest BCUT2D eigenvalue weighted by molar-refractivity contribution is 0.0935. The van der Waals surface area contributed by atoms with Crippen LogP contribution in [0.25, 0.3) is 0 Å². The fraction of sp³-hybridized carbons (Fsp3) is 0.133. The van der Waals surface area contributed by atoms with E-state index in [0.29, 0.717) is 21.8 Å². The zero-order valence-corrected chi connectivity index (χ0v) is 13.5. The van der Waals surface area contributed by atoms with Crippen LogP contribution < -0.4 is 4.90 Å². The number of hydrogen-bond acceptors (Lipinski definition) is 2. The molecular formula is C15H11ClINO2. The molecule has 102 valence electrons. The molecule has 1 heterocycles. The largest absolute Gasteiger partial charge is 0.369 e. The van der Waals surface area contributed by atoms with Crippen molar-refractivity contribution in [1.82, 2.24) is 0 Å². The number of nitrogens with zero attached hydrogens (tertiary/aromatic N) is 1. The van der Waals surface area contributed by atoms with E-state index in [1.54, 1.807) is 24.3 Å². The van der Waals surface area contributed by atoms with Crippen LogP contribution in [0, 0.1) is 10.5 Å². The van der Waals surface area contributed by atoms with Crippen molar-refractivity contribution >= 4 is 45.8 Å². The summed E-state index contributed by atoms with van der Waals surface area (Å²) in [7, 11) is 0. The highest BCUT2D eigenvalue weighted by Gasteiger charge is 2.37. The van der Waals surface area contributed by atoms with Gasteiger partial charge in [0.1, 0.15) is 0 Å². The van der Waals surface area contributed by atoms with E-state index in [1.807, 2.05) is 19.1 Å². The van der Waals surface area contributed by atoms with Crippen LogP contribution in [0.1, 0.15) is 27.7 Å². The van der Waals surface area contributed by atoms with Gasteiger partial charge in [0.05, 0.1) is 5.69 Å². The number of benzene rings is 2. The number of carbonyl (C=O) groups is 1. The number of amides is 1. The molecule has 1 unspecified atom stereocenters. The Morgan fingerprint density at radius 2 is 2.00 bits per heavy atom. The topological polar surface area (TPSA) is 40.5 Å². The molecule has 1 amide bonds. The van der Waals surface area contributed by atoms with Crippen molar-refractivity contribution in [3.05, 3.63) is 61.7 Å². The van der Waals surface area contributed by atoms with Crippen molar-refractivity contribution in [3.8, 4) is 0 Å². The lowest BCUT2D eigenvalue weighted by Gasteiger charge is -2.23. The molecule has 0 radical (unpaired) electrons. The molecule has 2 aromatic rings. The number of hydrogen-bond donors (Lipinski definition) is 1. The van der Waals surface area contributed by atoms with E-state index in [1.165, 1.54) is 4.90 Å². The number of aliphatic hydroxyl groups excluding tert-OH is 1. The van der Waals surface area contributed by atoms with E-state index < -0.39 is 6.23 Å². The Morgan fingerprint density at radius 1 is 1.30 bits per heavy atom. The van der Waals surface area contributed by atoms with Gasteiger partial charge in [-0.1, -0.05) is 29.8 Å². The monoisotopic (exact) mass is 399 g/mol. The molecule has 0 bridgehead atoms. The van der Waals surface area contributed by atoms with Gasteiger partial charge in [0.15, 0.2) is 6.23 Å². The summed E-state index contributed by atoms with van der Waals surface area (Å²) in [5, 5.41) is 11.0. The molecule has 20 heavy (non-hydrogen) atoms. The van der Waals surface area contributed by atoms with Crippen molar-refractivity contribution < 1.29 is 9.90 Å². The molecule has 1 aliphatic heterocycles. The van der Waals surface area contributed by atoms with Gasteiger partial charge in [-0.2, -0.15) is 0 Å². The average molecular weight is 400 g/mol. The highest BCUT2D eigenvalue weighted by atomic mass is 127. The van der Waals surface area contributed by atoms with Crippen LogP contribution in [0.2, 0.25) is 5.02 Å². The molecule has 1 atom stereocenters. The lowest BCUT2D eigenvalue weighted by atomic mass is 10.1. The van der Waals surface area contributed by atoms with E-state index in [2.05, 4.69) is 22.6 Å². The van der Waals surface area contributed by atoms with Gasteiger partial charge < -0.3 is 5.11 Å². The summed E-state index contributed by atoms with van der Waals surface area (Å²) < 4.78 is 0.959. The summed E-state index contributed by atoms with van der Waals surface area (Å²) in [6.45, 7) is 1.91. The minimum absolute atomic E-state index is 0.200. The van der Waals surface area contributed by atoms with E-state index in [0.717, 1.165) is 9.13 Å². The minimum Gasteiger partial charge on any atom is -0.369 e. The van der Waals surface area contributed by atoms with Crippen molar-refractivity contribution in [1.29, 1.82) is 0 Å². The van der Waals surface area contributed by atoms with Crippen LogP contribution in [-0.2, 0) is 0 Å². The number of aliphatic hydroxyl groups is 1. The maximum Gasteiger partial charge on any atom is 0.261 e. The molecule has 0 saturated heterocycles. The Hall–Kier alpha value is -1.11. The van der Waals surface area contributed by atoms with Gasteiger partial charge in [-0.05, 0) is 53.3 Å². The third-order valence-corrected chi connectivity index (χ3v) is 4.81. The number of halogens is 2. The van der Waals surface area contributed by atoms with E-state index >= 15 is 0 Å². The van der Waals surface area contributed by atoms with Gasteiger partial charge in [0.25, 0.3) is 5.91 Å². The summed E-state index contributed by atoms with van der Waals surface area (Å²) >= 11 is 8.25. The fourth-order valence-electron chi connectivity index (χ4n) is 2.42. The summed E-state index contributed by atoms with van der Waals surface area (Å²) in [6.07, 6.45) is -0.966. The van der Waals surface area contributed by atoms with Gasteiger partial charge in [0, 0.05) is 19.7 Å².